The first-order valence-electron chi connectivity index (χ1n) is 7.23. The summed E-state index contributed by atoms with van der Waals surface area (Å²) in [6, 6.07) is 0.746. The topological polar surface area (TPSA) is 34.1 Å². The molecule has 0 aliphatic heterocycles. The molecule has 2 rings (SSSR count). The van der Waals surface area contributed by atoms with E-state index >= 15 is 0 Å². The van der Waals surface area contributed by atoms with Crippen LogP contribution in [0.4, 0.5) is 0 Å². The highest BCUT2D eigenvalue weighted by Crippen LogP contribution is 2.38. The molecule has 1 saturated carbocycles. The van der Waals surface area contributed by atoms with Crippen molar-refractivity contribution < 1.29 is 4.74 Å². The average molecular weight is 282 g/mol. The molecule has 108 valence electrons. The van der Waals surface area contributed by atoms with E-state index in [-0.39, 0.29) is 11.5 Å². The van der Waals surface area contributed by atoms with Crippen molar-refractivity contribution in [1.29, 1.82) is 0 Å². The van der Waals surface area contributed by atoms with Crippen LogP contribution in [0, 0.1) is 12.3 Å². The number of rotatable bonds is 6. The number of thiazole rings is 1. The third-order valence-corrected chi connectivity index (χ3v) is 4.58. The summed E-state index contributed by atoms with van der Waals surface area (Å²) < 4.78 is 5.93. The van der Waals surface area contributed by atoms with Crippen LogP contribution in [0.25, 0.3) is 0 Å². The molecule has 1 heterocycles. The van der Waals surface area contributed by atoms with Gasteiger partial charge in [0.25, 0.3) is 0 Å². The minimum absolute atomic E-state index is 0.0848. The smallest absolute Gasteiger partial charge is 0.123 e. The van der Waals surface area contributed by atoms with Crippen LogP contribution in [0.3, 0.4) is 0 Å². The van der Waals surface area contributed by atoms with Gasteiger partial charge in [0.15, 0.2) is 0 Å². The molecule has 0 spiro atoms. The Morgan fingerprint density at radius 3 is 2.63 bits per heavy atom. The Bertz CT molecular complexity index is 418. The fourth-order valence-electron chi connectivity index (χ4n) is 2.11. The standard InChI is InChI=1S/C15H26N2OS/c1-6-18-13(15(3,4)5)14-17-10(2)12(19-14)9-16-11-7-8-11/h11,13,16H,6-9H2,1-5H3. The Hall–Kier alpha value is -0.450. The summed E-state index contributed by atoms with van der Waals surface area (Å²) >= 11 is 1.81. The molecule has 1 aromatic rings. The Morgan fingerprint density at radius 1 is 1.42 bits per heavy atom. The van der Waals surface area contributed by atoms with Gasteiger partial charge in [-0.1, -0.05) is 20.8 Å². The first kappa shape index (κ1) is 14.9. The van der Waals surface area contributed by atoms with Gasteiger partial charge in [-0.05, 0) is 32.1 Å². The van der Waals surface area contributed by atoms with Crippen molar-refractivity contribution in [1.82, 2.24) is 10.3 Å². The second-order valence-corrected chi connectivity index (χ2v) is 7.53. The summed E-state index contributed by atoms with van der Waals surface area (Å²) in [6.45, 7) is 12.5. The summed E-state index contributed by atoms with van der Waals surface area (Å²) in [5.41, 5.74) is 1.24. The van der Waals surface area contributed by atoms with Crippen molar-refractivity contribution in [3.05, 3.63) is 15.6 Å². The molecule has 0 radical (unpaired) electrons. The van der Waals surface area contributed by atoms with Gasteiger partial charge in [0.05, 0.1) is 5.69 Å². The third-order valence-electron chi connectivity index (χ3n) is 3.38. The summed E-state index contributed by atoms with van der Waals surface area (Å²) in [5.74, 6) is 0. The number of hydrogen-bond acceptors (Lipinski definition) is 4. The van der Waals surface area contributed by atoms with E-state index < -0.39 is 0 Å². The molecule has 1 N–H and O–H groups in total. The Balaban J connectivity index is 2.10. The normalized spacial score (nSPS) is 17.7. The molecule has 0 aromatic carbocycles. The van der Waals surface area contributed by atoms with Crippen molar-refractivity contribution in [3.63, 3.8) is 0 Å². The van der Waals surface area contributed by atoms with Gasteiger partial charge < -0.3 is 10.1 Å². The summed E-state index contributed by atoms with van der Waals surface area (Å²) in [4.78, 5) is 6.11. The van der Waals surface area contributed by atoms with Crippen LogP contribution in [0.2, 0.25) is 0 Å². The van der Waals surface area contributed by atoms with Crippen LogP contribution in [0.1, 0.15) is 62.2 Å². The lowest BCUT2D eigenvalue weighted by Gasteiger charge is -2.28. The highest BCUT2D eigenvalue weighted by atomic mass is 32.1. The van der Waals surface area contributed by atoms with Gasteiger partial charge in [-0.2, -0.15) is 0 Å². The van der Waals surface area contributed by atoms with Gasteiger partial charge in [0.1, 0.15) is 11.1 Å². The van der Waals surface area contributed by atoms with Crippen LogP contribution >= 0.6 is 11.3 Å². The van der Waals surface area contributed by atoms with E-state index in [0.29, 0.717) is 0 Å². The van der Waals surface area contributed by atoms with E-state index in [2.05, 4.69) is 39.9 Å². The Morgan fingerprint density at radius 2 is 2.11 bits per heavy atom. The molecule has 1 unspecified atom stereocenters. The molecule has 1 aromatic heterocycles. The predicted molar refractivity (Wildman–Crippen MR) is 80.5 cm³/mol. The lowest BCUT2D eigenvalue weighted by atomic mass is 9.89. The molecule has 4 heteroatoms. The SMILES string of the molecule is CCOC(c1nc(C)c(CNC2CC2)s1)C(C)(C)C. The van der Waals surface area contributed by atoms with E-state index in [0.717, 1.165) is 29.9 Å². The van der Waals surface area contributed by atoms with E-state index in [4.69, 9.17) is 9.72 Å². The van der Waals surface area contributed by atoms with Crippen LogP contribution < -0.4 is 5.32 Å². The van der Waals surface area contributed by atoms with Crippen molar-refractivity contribution in [2.24, 2.45) is 5.41 Å². The molecule has 1 atom stereocenters. The van der Waals surface area contributed by atoms with Crippen LogP contribution in [-0.4, -0.2) is 17.6 Å². The Kier molecular flexibility index (Phi) is 4.64. The van der Waals surface area contributed by atoms with Gasteiger partial charge in [-0.3, -0.25) is 0 Å². The molecule has 3 nitrogen and oxygen atoms in total. The lowest BCUT2D eigenvalue weighted by molar-refractivity contribution is -0.0134. The minimum atomic E-state index is 0.0848. The maximum atomic E-state index is 5.93. The zero-order chi connectivity index (χ0) is 14.0. The monoisotopic (exact) mass is 282 g/mol. The highest BCUT2D eigenvalue weighted by molar-refractivity contribution is 7.11. The molecule has 19 heavy (non-hydrogen) atoms. The molecule has 0 saturated heterocycles. The van der Waals surface area contributed by atoms with Crippen molar-refractivity contribution in [2.75, 3.05) is 6.61 Å². The maximum Gasteiger partial charge on any atom is 0.123 e. The van der Waals surface area contributed by atoms with Crippen molar-refractivity contribution in [2.45, 2.75) is 66.2 Å². The fourth-order valence-corrected chi connectivity index (χ4v) is 3.42. The number of hydrogen-bond donors (Lipinski definition) is 1. The first-order chi connectivity index (χ1) is 8.91. The van der Waals surface area contributed by atoms with Gasteiger partial charge >= 0.3 is 0 Å². The van der Waals surface area contributed by atoms with Gasteiger partial charge in [0.2, 0.25) is 0 Å². The van der Waals surface area contributed by atoms with Gasteiger partial charge in [-0.15, -0.1) is 11.3 Å². The second kappa shape index (κ2) is 5.90. The highest BCUT2D eigenvalue weighted by Gasteiger charge is 2.30. The predicted octanol–water partition coefficient (Wildman–Crippen LogP) is 3.83. The fraction of sp³-hybridized carbons (Fsp3) is 0.800. The van der Waals surface area contributed by atoms with Gasteiger partial charge in [0, 0.05) is 24.1 Å². The number of nitrogens with zero attached hydrogens (tertiary/aromatic N) is 1. The lowest BCUT2D eigenvalue weighted by Crippen LogP contribution is -2.21. The molecule has 0 amide bonds. The summed E-state index contributed by atoms with van der Waals surface area (Å²) in [5, 5.41) is 4.69. The van der Waals surface area contributed by atoms with E-state index in [1.807, 2.05) is 0 Å². The first-order valence-corrected chi connectivity index (χ1v) is 8.04. The largest absolute Gasteiger partial charge is 0.371 e. The van der Waals surface area contributed by atoms with Crippen molar-refractivity contribution in [3.8, 4) is 0 Å². The third kappa shape index (κ3) is 4.01. The van der Waals surface area contributed by atoms with E-state index in [9.17, 15) is 0 Å². The molecule has 1 fully saturated rings. The zero-order valence-electron chi connectivity index (χ0n) is 12.7. The number of ether oxygens (including phenoxy) is 1. The van der Waals surface area contributed by atoms with Gasteiger partial charge in [-0.25, -0.2) is 4.98 Å². The molecular weight excluding hydrogens is 256 g/mol. The minimum Gasteiger partial charge on any atom is -0.371 e. The van der Waals surface area contributed by atoms with Crippen LogP contribution in [0.5, 0.6) is 0 Å². The Labute approximate surface area is 120 Å². The summed E-state index contributed by atoms with van der Waals surface area (Å²) in [6.07, 6.45) is 2.75. The number of nitrogens with one attached hydrogen (secondary N) is 1. The van der Waals surface area contributed by atoms with Crippen LogP contribution in [-0.2, 0) is 11.3 Å². The van der Waals surface area contributed by atoms with Crippen molar-refractivity contribution >= 4 is 11.3 Å². The summed E-state index contributed by atoms with van der Waals surface area (Å²) in [7, 11) is 0. The van der Waals surface area contributed by atoms with Crippen LogP contribution in [0.15, 0.2) is 0 Å². The molecule has 1 aliphatic carbocycles. The number of aryl methyl sites for hydroxylation is 1. The molecular formula is C15H26N2OS. The average Bonchev–Trinajstić information content (AvgIpc) is 3.06. The van der Waals surface area contributed by atoms with E-state index in [1.165, 1.54) is 17.7 Å². The second-order valence-electron chi connectivity index (χ2n) is 6.42. The van der Waals surface area contributed by atoms with E-state index in [1.54, 1.807) is 11.3 Å². The molecule has 0 bridgehead atoms. The maximum absolute atomic E-state index is 5.93. The zero-order valence-corrected chi connectivity index (χ0v) is 13.6. The quantitative estimate of drug-likeness (QED) is 0.861. The molecule has 1 aliphatic rings. The number of aromatic nitrogens is 1.